The molecule has 1 aromatic rings. The molecule has 0 atom stereocenters. The van der Waals surface area contributed by atoms with E-state index in [4.69, 9.17) is 34.7 Å². The van der Waals surface area contributed by atoms with Gasteiger partial charge in [-0.2, -0.15) is 0 Å². The fraction of sp³-hybridized carbons (Fsp3) is 0.500. The van der Waals surface area contributed by atoms with E-state index in [1.54, 1.807) is 0 Å². The molecule has 0 spiro atoms. The summed E-state index contributed by atoms with van der Waals surface area (Å²) in [6.07, 6.45) is 0. The van der Waals surface area contributed by atoms with Crippen LogP contribution in [0.5, 0.6) is 0 Å². The minimum atomic E-state index is 0.194. The monoisotopic (exact) mass is 290 g/mol. The van der Waals surface area contributed by atoms with Gasteiger partial charge < -0.3 is 21.7 Å². The summed E-state index contributed by atoms with van der Waals surface area (Å²) in [5, 5.41) is 3.53. The number of piperazine rings is 1. The molecule has 0 saturated carbocycles. The van der Waals surface area contributed by atoms with Crippen LogP contribution in [0.4, 0.5) is 11.4 Å². The Bertz CT molecular complexity index is 354. The van der Waals surface area contributed by atoms with Crippen molar-refractivity contribution in [3.63, 3.8) is 0 Å². The van der Waals surface area contributed by atoms with Crippen LogP contribution in [0.15, 0.2) is 18.2 Å². The van der Waals surface area contributed by atoms with Crippen molar-refractivity contribution >= 4 is 34.6 Å². The van der Waals surface area contributed by atoms with Crippen LogP contribution in [0, 0.1) is 0 Å². The molecule has 0 aromatic heterocycles. The molecule has 1 fully saturated rings. The van der Waals surface area contributed by atoms with Crippen LogP contribution in [0.2, 0.25) is 0 Å². The van der Waals surface area contributed by atoms with Gasteiger partial charge in [-0.05, 0) is 23.8 Å². The summed E-state index contributed by atoms with van der Waals surface area (Å²) in [6, 6.07) is 6.11. The smallest absolute Gasteiger partial charge is 0.0967 e. The lowest BCUT2D eigenvalue weighted by Crippen LogP contribution is -2.43. The standard InChI is InChI=1S/C11H18N4.CH2Cl2/c12-8-9-7-10(1-2-11(9)13)15-5-3-14-4-6-15;2-1-3/h1-2,7,14H,3-6,8,12-13H2;1H2. The Morgan fingerprint density at radius 2 is 1.83 bits per heavy atom. The van der Waals surface area contributed by atoms with Gasteiger partial charge in [-0.15, -0.1) is 23.2 Å². The van der Waals surface area contributed by atoms with Gasteiger partial charge in [-0.3, -0.25) is 0 Å². The van der Waals surface area contributed by atoms with Crippen molar-refractivity contribution in [2.45, 2.75) is 6.54 Å². The quantitative estimate of drug-likeness (QED) is 0.571. The molecular weight excluding hydrogens is 271 g/mol. The molecule has 1 aromatic carbocycles. The van der Waals surface area contributed by atoms with E-state index in [9.17, 15) is 0 Å². The Labute approximate surface area is 118 Å². The lowest BCUT2D eigenvalue weighted by Gasteiger charge is -2.29. The van der Waals surface area contributed by atoms with Crippen LogP contribution in [0.3, 0.4) is 0 Å². The topological polar surface area (TPSA) is 67.3 Å². The van der Waals surface area contributed by atoms with Crippen molar-refractivity contribution in [1.29, 1.82) is 0 Å². The SMILES string of the molecule is ClCCl.NCc1cc(N2CCNCC2)ccc1N. The summed E-state index contributed by atoms with van der Waals surface area (Å²) in [4.78, 5) is 2.36. The van der Waals surface area contributed by atoms with E-state index in [2.05, 4.69) is 22.3 Å². The summed E-state index contributed by atoms with van der Waals surface area (Å²) in [7, 11) is 0. The molecule has 6 heteroatoms. The predicted octanol–water partition coefficient (Wildman–Crippen LogP) is 1.56. The number of nitrogens with two attached hydrogens (primary N) is 2. The predicted molar refractivity (Wildman–Crippen MR) is 80.4 cm³/mol. The number of nitrogen functional groups attached to an aromatic ring is 1. The maximum absolute atomic E-state index is 5.82. The van der Waals surface area contributed by atoms with E-state index in [1.807, 2.05) is 6.07 Å². The van der Waals surface area contributed by atoms with Crippen molar-refractivity contribution < 1.29 is 0 Å². The van der Waals surface area contributed by atoms with E-state index in [1.165, 1.54) is 5.69 Å². The molecule has 2 rings (SSSR count). The molecule has 0 bridgehead atoms. The molecule has 1 aliphatic rings. The van der Waals surface area contributed by atoms with Gasteiger partial charge in [0.2, 0.25) is 0 Å². The van der Waals surface area contributed by atoms with Gasteiger partial charge >= 0.3 is 0 Å². The third-order valence-electron chi connectivity index (χ3n) is 2.83. The third kappa shape index (κ3) is 4.53. The zero-order valence-corrected chi connectivity index (χ0v) is 11.8. The minimum Gasteiger partial charge on any atom is -0.398 e. The molecule has 4 nitrogen and oxygen atoms in total. The summed E-state index contributed by atoms with van der Waals surface area (Å²) in [6.45, 7) is 4.69. The number of alkyl halides is 2. The number of anilines is 2. The second-order valence-corrected chi connectivity index (χ2v) is 4.73. The van der Waals surface area contributed by atoms with Crippen molar-refractivity contribution in [3.8, 4) is 0 Å². The third-order valence-corrected chi connectivity index (χ3v) is 2.83. The van der Waals surface area contributed by atoms with Gasteiger partial charge in [-0.25, -0.2) is 0 Å². The number of nitrogens with zero attached hydrogens (tertiary/aromatic N) is 1. The second kappa shape index (κ2) is 8.43. The first-order chi connectivity index (χ1) is 8.72. The number of nitrogens with one attached hydrogen (secondary N) is 1. The minimum absolute atomic E-state index is 0.194. The largest absolute Gasteiger partial charge is 0.398 e. The van der Waals surface area contributed by atoms with Crippen LogP contribution >= 0.6 is 23.2 Å². The summed E-state index contributed by atoms with van der Waals surface area (Å²) in [5.41, 5.74) is 14.5. The Morgan fingerprint density at radius 3 is 2.39 bits per heavy atom. The average Bonchev–Trinajstić information content (AvgIpc) is 2.41. The molecule has 0 unspecified atom stereocenters. The lowest BCUT2D eigenvalue weighted by molar-refractivity contribution is 0.589. The molecular formula is C12H20Cl2N4. The Hall–Kier alpha value is -0.680. The van der Waals surface area contributed by atoms with Gasteiger partial charge in [0.15, 0.2) is 0 Å². The van der Waals surface area contributed by atoms with Gasteiger partial charge in [0.1, 0.15) is 0 Å². The Balaban J connectivity index is 0.000000492. The van der Waals surface area contributed by atoms with E-state index in [0.717, 1.165) is 37.4 Å². The average molecular weight is 291 g/mol. The van der Waals surface area contributed by atoms with Crippen LogP contribution in [0.1, 0.15) is 5.56 Å². The molecule has 18 heavy (non-hydrogen) atoms. The summed E-state index contributed by atoms with van der Waals surface area (Å²) >= 11 is 9.53. The highest BCUT2D eigenvalue weighted by molar-refractivity contribution is 6.40. The molecule has 102 valence electrons. The van der Waals surface area contributed by atoms with Gasteiger partial charge in [0.25, 0.3) is 0 Å². The lowest BCUT2D eigenvalue weighted by atomic mass is 10.1. The first-order valence-electron chi connectivity index (χ1n) is 5.89. The number of hydrogen-bond acceptors (Lipinski definition) is 4. The Kier molecular flexibility index (Phi) is 7.20. The summed E-state index contributed by atoms with van der Waals surface area (Å²) in [5.74, 6) is 0. The van der Waals surface area contributed by atoms with Crippen LogP contribution in [-0.2, 0) is 6.54 Å². The maximum Gasteiger partial charge on any atom is 0.0967 e. The van der Waals surface area contributed by atoms with Crippen molar-refractivity contribution in [2.24, 2.45) is 5.73 Å². The van der Waals surface area contributed by atoms with E-state index in [0.29, 0.717) is 6.54 Å². The fourth-order valence-electron chi connectivity index (χ4n) is 1.89. The van der Waals surface area contributed by atoms with Crippen molar-refractivity contribution in [1.82, 2.24) is 5.32 Å². The number of halogens is 2. The molecule has 5 N–H and O–H groups in total. The zero-order valence-electron chi connectivity index (χ0n) is 10.3. The highest BCUT2D eigenvalue weighted by Gasteiger charge is 2.11. The highest BCUT2D eigenvalue weighted by Crippen LogP contribution is 2.21. The molecule has 0 amide bonds. The van der Waals surface area contributed by atoms with Crippen molar-refractivity contribution in [3.05, 3.63) is 23.8 Å². The van der Waals surface area contributed by atoms with Crippen LogP contribution < -0.4 is 21.7 Å². The van der Waals surface area contributed by atoms with E-state index >= 15 is 0 Å². The fourth-order valence-corrected chi connectivity index (χ4v) is 1.89. The number of hydrogen-bond donors (Lipinski definition) is 3. The molecule has 1 heterocycles. The van der Waals surface area contributed by atoms with Gasteiger partial charge in [-0.1, -0.05) is 0 Å². The van der Waals surface area contributed by atoms with Gasteiger partial charge in [0, 0.05) is 44.1 Å². The van der Waals surface area contributed by atoms with Gasteiger partial charge in [0.05, 0.1) is 5.34 Å². The highest BCUT2D eigenvalue weighted by atomic mass is 35.5. The second-order valence-electron chi connectivity index (χ2n) is 3.93. The summed E-state index contributed by atoms with van der Waals surface area (Å²) < 4.78 is 0. The first-order valence-corrected chi connectivity index (χ1v) is 6.96. The number of rotatable bonds is 2. The Morgan fingerprint density at radius 1 is 1.22 bits per heavy atom. The molecule has 0 aliphatic carbocycles. The maximum atomic E-state index is 5.82. The van der Waals surface area contributed by atoms with E-state index < -0.39 is 0 Å². The molecule has 0 radical (unpaired) electrons. The zero-order chi connectivity index (χ0) is 13.4. The van der Waals surface area contributed by atoms with E-state index in [-0.39, 0.29) is 5.34 Å². The normalized spacial score (nSPS) is 14.9. The molecule has 1 aliphatic heterocycles. The molecule has 1 saturated heterocycles. The van der Waals surface area contributed by atoms with Crippen molar-refractivity contribution in [2.75, 3.05) is 42.2 Å². The number of benzene rings is 1. The first kappa shape index (κ1) is 15.4. The van der Waals surface area contributed by atoms with Crippen LogP contribution in [-0.4, -0.2) is 31.5 Å². The van der Waals surface area contributed by atoms with Crippen LogP contribution in [0.25, 0.3) is 0 Å².